The summed E-state index contributed by atoms with van der Waals surface area (Å²) in [4.78, 5) is 38.1. The van der Waals surface area contributed by atoms with Gasteiger partial charge < -0.3 is 14.2 Å². The molecule has 0 fully saturated rings. The molecule has 0 rings (SSSR count). The van der Waals surface area contributed by atoms with Gasteiger partial charge in [-0.1, -0.05) is 224 Å². The van der Waals surface area contributed by atoms with Gasteiger partial charge in [0.2, 0.25) is 0 Å². The standard InChI is InChI=1S/C65H102O6/c1-4-7-10-13-16-19-22-25-28-31-32-35-37-40-43-46-49-52-55-58-64(67)70-61-62(71-65(68)59-56-53-50-47-44-41-38-34-30-27-24-21-18-15-12-9-6-3)60-69-63(66)57-54-51-48-45-42-39-36-33-29-26-23-20-17-14-11-8-5-2/h7,10,16-21,25-30,32,35-36,39-40,43,45,48-49,52,62H,4-6,8-9,11-15,22-24,31,33-34,37-38,41-42,44,46-47,50-51,53-61H2,1-3H3/b10-7-,19-16-,20-17-,21-18-,28-25-,29-26-,30-27-,35-32-,39-36-,43-40-,48-45-,52-49-/t62-/m0/s1. The second-order valence-corrected chi connectivity index (χ2v) is 18.1. The number of carbonyl (C=O) groups is 3. The largest absolute Gasteiger partial charge is 0.462 e. The molecular formula is C65H102O6. The molecule has 398 valence electrons. The summed E-state index contributed by atoms with van der Waals surface area (Å²) in [6.45, 7) is 6.34. The maximum absolute atomic E-state index is 12.9. The number of rotatable bonds is 49. The molecule has 1 atom stereocenters. The normalized spacial score (nSPS) is 13.2. The lowest BCUT2D eigenvalue weighted by Crippen LogP contribution is -2.30. The van der Waals surface area contributed by atoms with Crippen molar-refractivity contribution in [1.82, 2.24) is 0 Å². The van der Waals surface area contributed by atoms with Crippen LogP contribution in [0.25, 0.3) is 0 Å². The highest BCUT2D eigenvalue weighted by atomic mass is 16.6. The molecule has 0 aromatic carbocycles. The second kappa shape index (κ2) is 57.9. The third-order valence-corrected chi connectivity index (χ3v) is 11.3. The smallest absolute Gasteiger partial charge is 0.306 e. The highest BCUT2D eigenvalue weighted by molar-refractivity contribution is 5.71. The first-order chi connectivity index (χ1) is 35.0. The number of esters is 3. The van der Waals surface area contributed by atoms with Gasteiger partial charge in [0.1, 0.15) is 13.2 Å². The van der Waals surface area contributed by atoms with Gasteiger partial charge in [-0.05, 0) is 128 Å². The van der Waals surface area contributed by atoms with Gasteiger partial charge >= 0.3 is 17.9 Å². The van der Waals surface area contributed by atoms with Crippen LogP contribution in [-0.2, 0) is 28.6 Å². The molecule has 0 heterocycles. The Morgan fingerprint density at radius 3 is 0.986 bits per heavy atom. The third kappa shape index (κ3) is 56.1. The van der Waals surface area contributed by atoms with Crippen LogP contribution >= 0.6 is 0 Å². The Hall–Kier alpha value is -4.71. The lowest BCUT2D eigenvalue weighted by molar-refractivity contribution is -0.166. The van der Waals surface area contributed by atoms with E-state index >= 15 is 0 Å². The Bertz CT molecular complexity index is 1590. The molecular weight excluding hydrogens is 877 g/mol. The van der Waals surface area contributed by atoms with Crippen LogP contribution in [0.1, 0.15) is 226 Å². The summed E-state index contributed by atoms with van der Waals surface area (Å²) in [5.41, 5.74) is 0. The highest BCUT2D eigenvalue weighted by Crippen LogP contribution is 2.12. The fraction of sp³-hybridized carbons (Fsp3) is 0.585. The summed E-state index contributed by atoms with van der Waals surface area (Å²) in [5, 5.41) is 0. The highest BCUT2D eigenvalue weighted by Gasteiger charge is 2.19. The van der Waals surface area contributed by atoms with Gasteiger partial charge in [0.25, 0.3) is 0 Å². The fourth-order valence-electron chi connectivity index (χ4n) is 7.08. The molecule has 6 heteroatoms. The van der Waals surface area contributed by atoms with Gasteiger partial charge in [-0.3, -0.25) is 14.4 Å². The molecule has 0 aromatic heterocycles. The first-order valence-corrected chi connectivity index (χ1v) is 28.3. The molecule has 0 aromatic rings. The summed E-state index contributed by atoms with van der Waals surface area (Å²) < 4.78 is 16.7. The van der Waals surface area contributed by atoms with Gasteiger partial charge in [-0.15, -0.1) is 0 Å². The maximum atomic E-state index is 12.9. The van der Waals surface area contributed by atoms with E-state index in [4.69, 9.17) is 14.2 Å². The van der Waals surface area contributed by atoms with Crippen LogP contribution < -0.4 is 0 Å². The molecule has 0 N–H and O–H groups in total. The SMILES string of the molecule is CC/C=C\C/C=C\C/C=C\C/C=C\C/C=C\C/C=C\CCC(=O)OC[C@H](COC(=O)CCC/C=C\C/C=C\C/C=C\C/C=C\CCCCC)OC(=O)CCCCCCCCC/C=C\C/C=C\CCCCC. The molecule has 0 aliphatic rings. The van der Waals surface area contributed by atoms with E-state index in [2.05, 4.69) is 154 Å². The number of ether oxygens (including phenoxy) is 3. The second-order valence-electron chi connectivity index (χ2n) is 18.1. The van der Waals surface area contributed by atoms with Crippen LogP contribution in [-0.4, -0.2) is 37.2 Å². The van der Waals surface area contributed by atoms with Gasteiger partial charge in [0.15, 0.2) is 6.10 Å². The average molecular weight is 980 g/mol. The van der Waals surface area contributed by atoms with Crippen LogP contribution in [0.15, 0.2) is 146 Å². The Kier molecular flexibility index (Phi) is 54.0. The monoisotopic (exact) mass is 979 g/mol. The molecule has 6 nitrogen and oxygen atoms in total. The summed E-state index contributed by atoms with van der Waals surface area (Å²) in [6, 6.07) is 0. The van der Waals surface area contributed by atoms with Crippen molar-refractivity contribution in [3.05, 3.63) is 146 Å². The Balaban J connectivity index is 4.63. The number of carbonyl (C=O) groups excluding carboxylic acids is 3. The van der Waals surface area contributed by atoms with E-state index in [-0.39, 0.29) is 50.4 Å². The zero-order chi connectivity index (χ0) is 51.4. The topological polar surface area (TPSA) is 78.9 Å². The van der Waals surface area contributed by atoms with Crippen LogP contribution in [0.5, 0.6) is 0 Å². The van der Waals surface area contributed by atoms with Crippen molar-refractivity contribution in [2.24, 2.45) is 0 Å². The third-order valence-electron chi connectivity index (χ3n) is 11.3. The molecule has 0 saturated carbocycles. The lowest BCUT2D eigenvalue weighted by Gasteiger charge is -2.18. The van der Waals surface area contributed by atoms with E-state index in [1.54, 1.807) is 0 Å². The Morgan fingerprint density at radius 2 is 0.592 bits per heavy atom. The molecule has 0 unspecified atom stereocenters. The molecule has 0 amide bonds. The van der Waals surface area contributed by atoms with E-state index < -0.39 is 6.10 Å². The van der Waals surface area contributed by atoms with Gasteiger partial charge in [0.05, 0.1) is 0 Å². The number of hydrogen-bond acceptors (Lipinski definition) is 6. The molecule has 0 spiro atoms. The fourth-order valence-corrected chi connectivity index (χ4v) is 7.08. The van der Waals surface area contributed by atoms with Crippen molar-refractivity contribution in [1.29, 1.82) is 0 Å². The number of hydrogen-bond donors (Lipinski definition) is 0. The molecule has 0 saturated heterocycles. The van der Waals surface area contributed by atoms with Crippen LogP contribution in [0.4, 0.5) is 0 Å². The minimum atomic E-state index is -0.842. The van der Waals surface area contributed by atoms with Gasteiger partial charge in [-0.25, -0.2) is 0 Å². The van der Waals surface area contributed by atoms with Crippen LogP contribution in [0.2, 0.25) is 0 Å². The first kappa shape index (κ1) is 66.3. The zero-order valence-electron chi connectivity index (χ0n) is 45.4. The van der Waals surface area contributed by atoms with Gasteiger partial charge in [-0.2, -0.15) is 0 Å². The molecule has 0 aliphatic carbocycles. The maximum Gasteiger partial charge on any atom is 0.306 e. The quantitative estimate of drug-likeness (QED) is 0.0262. The summed E-state index contributed by atoms with van der Waals surface area (Å²) >= 11 is 0. The van der Waals surface area contributed by atoms with Gasteiger partial charge in [0, 0.05) is 19.3 Å². The predicted octanol–water partition coefficient (Wildman–Crippen LogP) is 19.2. The molecule has 0 aliphatic heterocycles. The Morgan fingerprint density at radius 1 is 0.296 bits per heavy atom. The van der Waals surface area contributed by atoms with E-state index in [1.165, 1.54) is 70.6 Å². The molecule has 71 heavy (non-hydrogen) atoms. The number of unbranched alkanes of at least 4 members (excludes halogenated alkanes) is 14. The Labute approximate surface area is 436 Å². The van der Waals surface area contributed by atoms with Crippen molar-refractivity contribution in [3.8, 4) is 0 Å². The minimum absolute atomic E-state index is 0.139. The molecule has 0 bridgehead atoms. The summed E-state index contributed by atoms with van der Waals surface area (Å²) in [7, 11) is 0. The summed E-state index contributed by atoms with van der Waals surface area (Å²) in [6.07, 6.45) is 82.7. The van der Waals surface area contributed by atoms with Crippen molar-refractivity contribution in [2.75, 3.05) is 13.2 Å². The van der Waals surface area contributed by atoms with Crippen molar-refractivity contribution >= 4 is 17.9 Å². The van der Waals surface area contributed by atoms with Crippen molar-refractivity contribution in [3.63, 3.8) is 0 Å². The minimum Gasteiger partial charge on any atom is -0.462 e. The van der Waals surface area contributed by atoms with Crippen LogP contribution in [0.3, 0.4) is 0 Å². The van der Waals surface area contributed by atoms with E-state index in [1.807, 2.05) is 12.2 Å². The van der Waals surface area contributed by atoms with Crippen molar-refractivity contribution in [2.45, 2.75) is 232 Å². The van der Waals surface area contributed by atoms with E-state index in [0.717, 1.165) is 103 Å². The predicted molar refractivity (Wildman–Crippen MR) is 306 cm³/mol. The van der Waals surface area contributed by atoms with Crippen LogP contribution in [0, 0.1) is 0 Å². The van der Waals surface area contributed by atoms with Crippen molar-refractivity contribution < 1.29 is 28.6 Å². The number of allylic oxidation sites excluding steroid dienone is 24. The van der Waals surface area contributed by atoms with E-state index in [9.17, 15) is 14.4 Å². The molecule has 0 radical (unpaired) electrons. The van der Waals surface area contributed by atoms with E-state index in [0.29, 0.717) is 12.8 Å². The zero-order valence-corrected chi connectivity index (χ0v) is 45.4. The lowest BCUT2D eigenvalue weighted by atomic mass is 10.1. The average Bonchev–Trinajstić information content (AvgIpc) is 3.37. The first-order valence-electron chi connectivity index (χ1n) is 28.3. The summed E-state index contributed by atoms with van der Waals surface area (Å²) in [5.74, 6) is -1.09.